The molecule has 2 fully saturated rings. The topological polar surface area (TPSA) is 83.6 Å². The van der Waals surface area contributed by atoms with Gasteiger partial charge in [-0.2, -0.15) is 0 Å². The van der Waals surface area contributed by atoms with Gasteiger partial charge >= 0.3 is 5.97 Å². The third-order valence-corrected chi connectivity index (χ3v) is 4.20. The standard InChI is InChI=1S/C14H24N2O3/c15-12-5-3-1-2-4-11(12)14(19)16(9-13(17)18)8-10-6-7-10/h10-12H,1-9,15H2,(H,17,18). The van der Waals surface area contributed by atoms with Crippen LogP contribution < -0.4 is 5.73 Å². The third-order valence-electron chi connectivity index (χ3n) is 4.20. The van der Waals surface area contributed by atoms with E-state index in [1.807, 2.05) is 0 Å². The number of aliphatic carboxylic acids is 1. The van der Waals surface area contributed by atoms with Gasteiger partial charge in [0.15, 0.2) is 0 Å². The Bertz CT molecular complexity index is 342. The number of rotatable bonds is 5. The second-order valence-corrected chi connectivity index (χ2v) is 5.96. The molecule has 0 aromatic rings. The summed E-state index contributed by atoms with van der Waals surface area (Å²) in [5.74, 6) is -0.647. The molecule has 0 bridgehead atoms. The Hall–Kier alpha value is -1.10. The van der Waals surface area contributed by atoms with E-state index in [2.05, 4.69) is 0 Å². The van der Waals surface area contributed by atoms with Gasteiger partial charge in [0.05, 0.1) is 5.92 Å². The fourth-order valence-corrected chi connectivity index (χ4v) is 2.89. The molecule has 108 valence electrons. The van der Waals surface area contributed by atoms with Gasteiger partial charge in [0.25, 0.3) is 0 Å². The second-order valence-electron chi connectivity index (χ2n) is 5.96. The molecule has 3 N–H and O–H groups in total. The summed E-state index contributed by atoms with van der Waals surface area (Å²) in [6, 6.07) is -0.106. The van der Waals surface area contributed by atoms with Gasteiger partial charge in [-0.15, -0.1) is 0 Å². The molecule has 2 saturated carbocycles. The Morgan fingerprint density at radius 2 is 1.79 bits per heavy atom. The first-order valence-electron chi connectivity index (χ1n) is 7.34. The molecule has 19 heavy (non-hydrogen) atoms. The zero-order valence-corrected chi connectivity index (χ0v) is 11.4. The fraction of sp³-hybridized carbons (Fsp3) is 0.857. The van der Waals surface area contributed by atoms with Crippen LogP contribution in [-0.2, 0) is 9.59 Å². The first-order valence-corrected chi connectivity index (χ1v) is 7.34. The fourth-order valence-electron chi connectivity index (χ4n) is 2.89. The smallest absolute Gasteiger partial charge is 0.323 e. The van der Waals surface area contributed by atoms with Gasteiger partial charge in [0, 0.05) is 12.6 Å². The van der Waals surface area contributed by atoms with Crippen molar-refractivity contribution in [3.63, 3.8) is 0 Å². The Kier molecular flexibility index (Phi) is 4.80. The van der Waals surface area contributed by atoms with Crippen LogP contribution in [0.15, 0.2) is 0 Å². The summed E-state index contributed by atoms with van der Waals surface area (Å²) in [4.78, 5) is 25.0. The molecule has 0 aromatic heterocycles. The maximum Gasteiger partial charge on any atom is 0.323 e. The molecule has 0 aliphatic heterocycles. The van der Waals surface area contributed by atoms with Gasteiger partial charge in [0.2, 0.25) is 5.91 Å². The van der Waals surface area contributed by atoms with Crippen LogP contribution in [0.1, 0.15) is 44.9 Å². The van der Waals surface area contributed by atoms with Gasteiger partial charge in [-0.3, -0.25) is 9.59 Å². The van der Waals surface area contributed by atoms with Crippen LogP contribution in [0.4, 0.5) is 0 Å². The molecule has 2 unspecified atom stereocenters. The van der Waals surface area contributed by atoms with E-state index >= 15 is 0 Å². The number of nitrogens with zero attached hydrogens (tertiary/aromatic N) is 1. The van der Waals surface area contributed by atoms with E-state index in [0.717, 1.165) is 44.9 Å². The SMILES string of the molecule is NC1CCCCCC1C(=O)N(CC(=O)O)CC1CC1. The van der Waals surface area contributed by atoms with Gasteiger partial charge in [-0.25, -0.2) is 0 Å². The molecule has 1 amide bonds. The van der Waals surface area contributed by atoms with Gasteiger partial charge < -0.3 is 15.7 Å². The summed E-state index contributed by atoms with van der Waals surface area (Å²) in [5, 5.41) is 8.96. The van der Waals surface area contributed by atoms with Crippen molar-refractivity contribution in [2.75, 3.05) is 13.1 Å². The van der Waals surface area contributed by atoms with Crippen molar-refractivity contribution in [3.05, 3.63) is 0 Å². The summed E-state index contributed by atoms with van der Waals surface area (Å²) in [6.07, 6.45) is 7.13. The summed E-state index contributed by atoms with van der Waals surface area (Å²) < 4.78 is 0. The highest BCUT2D eigenvalue weighted by atomic mass is 16.4. The minimum atomic E-state index is -0.934. The van der Waals surface area contributed by atoms with Crippen molar-refractivity contribution in [2.24, 2.45) is 17.6 Å². The molecule has 2 aliphatic carbocycles. The molecule has 5 nitrogen and oxygen atoms in total. The number of amides is 1. The largest absolute Gasteiger partial charge is 0.480 e. The normalized spacial score (nSPS) is 27.6. The van der Waals surface area contributed by atoms with Gasteiger partial charge in [-0.05, 0) is 31.6 Å². The molecular formula is C14H24N2O3. The van der Waals surface area contributed by atoms with Crippen LogP contribution >= 0.6 is 0 Å². The Labute approximate surface area is 114 Å². The number of carbonyl (C=O) groups is 2. The number of carboxylic acids is 1. The van der Waals surface area contributed by atoms with E-state index < -0.39 is 5.97 Å². The number of carboxylic acid groups (broad SMARTS) is 1. The van der Waals surface area contributed by atoms with Crippen molar-refractivity contribution in [3.8, 4) is 0 Å². The molecule has 0 heterocycles. The quantitative estimate of drug-likeness (QED) is 0.734. The highest BCUT2D eigenvalue weighted by Crippen LogP contribution is 2.31. The van der Waals surface area contributed by atoms with Crippen molar-refractivity contribution >= 4 is 11.9 Å². The van der Waals surface area contributed by atoms with E-state index in [-0.39, 0.29) is 24.4 Å². The van der Waals surface area contributed by atoms with Crippen LogP contribution in [0.25, 0.3) is 0 Å². The van der Waals surface area contributed by atoms with Crippen LogP contribution in [0.5, 0.6) is 0 Å². The average Bonchev–Trinajstić information content (AvgIpc) is 3.15. The lowest BCUT2D eigenvalue weighted by molar-refractivity contribution is -0.147. The lowest BCUT2D eigenvalue weighted by Crippen LogP contribution is -2.46. The predicted octanol–water partition coefficient (Wildman–Crippen LogP) is 1.22. The predicted molar refractivity (Wildman–Crippen MR) is 71.5 cm³/mol. The first-order chi connectivity index (χ1) is 9.08. The number of nitrogens with two attached hydrogens (primary N) is 1. The highest BCUT2D eigenvalue weighted by Gasteiger charge is 2.34. The average molecular weight is 268 g/mol. The second kappa shape index (κ2) is 6.37. The molecule has 0 saturated heterocycles. The van der Waals surface area contributed by atoms with Crippen molar-refractivity contribution < 1.29 is 14.7 Å². The molecule has 2 atom stereocenters. The summed E-state index contributed by atoms with van der Waals surface area (Å²) in [7, 11) is 0. The highest BCUT2D eigenvalue weighted by molar-refractivity contribution is 5.83. The Balaban J connectivity index is 2.00. The first kappa shape index (κ1) is 14.3. The van der Waals surface area contributed by atoms with E-state index in [4.69, 9.17) is 10.8 Å². The van der Waals surface area contributed by atoms with E-state index in [1.165, 1.54) is 4.90 Å². The van der Waals surface area contributed by atoms with Gasteiger partial charge in [-0.1, -0.05) is 19.3 Å². The zero-order valence-electron chi connectivity index (χ0n) is 11.4. The van der Waals surface area contributed by atoms with E-state index in [0.29, 0.717) is 12.5 Å². The molecule has 0 radical (unpaired) electrons. The lowest BCUT2D eigenvalue weighted by atomic mass is 9.94. The van der Waals surface area contributed by atoms with E-state index in [1.54, 1.807) is 0 Å². The van der Waals surface area contributed by atoms with Crippen molar-refractivity contribution in [2.45, 2.75) is 51.0 Å². The van der Waals surface area contributed by atoms with Crippen LogP contribution in [0, 0.1) is 11.8 Å². The minimum absolute atomic E-state index is 0.0382. The molecule has 2 aliphatic rings. The molecule has 0 spiro atoms. The van der Waals surface area contributed by atoms with Crippen LogP contribution in [-0.4, -0.2) is 41.0 Å². The zero-order chi connectivity index (χ0) is 13.8. The van der Waals surface area contributed by atoms with Gasteiger partial charge in [0.1, 0.15) is 6.54 Å². The van der Waals surface area contributed by atoms with Crippen molar-refractivity contribution in [1.82, 2.24) is 4.90 Å². The summed E-state index contributed by atoms with van der Waals surface area (Å²) in [6.45, 7) is 0.410. The maximum absolute atomic E-state index is 12.5. The Morgan fingerprint density at radius 1 is 1.11 bits per heavy atom. The molecule has 0 aromatic carbocycles. The van der Waals surface area contributed by atoms with E-state index in [9.17, 15) is 9.59 Å². The monoisotopic (exact) mass is 268 g/mol. The van der Waals surface area contributed by atoms with Crippen molar-refractivity contribution in [1.29, 1.82) is 0 Å². The Morgan fingerprint density at radius 3 is 2.42 bits per heavy atom. The molecule has 2 rings (SSSR count). The molecular weight excluding hydrogens is 244 g/mol. The minimum Gasteiger partial charge on any atom is -0.480 e. The number of hydrogen-bond donors (Lipinski definition) is 2. The summed E-state index contributed by atoms with van der Waals surface area (Å²) >= 11 is 0. The molecule has 5 heteroatoms. The summed E-state index contributed by atoms with van der Waals surface area (Å²) in [5.41, 5.74) is 6.10. The number of hydrogen-bond acceptors (Lipinski definition) is 3. The lowest BCUT2D eigenvalue weighted by Gasteiger charge is -2.28. The van der Waals surface area contributed by atoms with Crippen LogP contribution in [0.3, 0.4) is 0 Å². The number of carbonyl (C=O) groups excluding carboxylic acids is 1. The van der Waals surface area contributed by atoms with Crippen LogP contribution in [0.2, 0.25) is 0 Å². The maximum atomic E-state index is 12.5. The third kappa shape index (κ3) is 4.20.